The zero-order valence-electron chi connectivity index (χ0n) is 8.90. The van der Waals surface area contributed by atoms with E-state index in [1.807, 2.05) is 18.2 Å². The fraction of sp³-hybridized carbons (Fsp3) is 0.0833. The fourth-order valence-corrected chi connectivity index (χ4v) is 1.87. The smallest absolute Gasteiger partial charge is 0.250 e. The monoisotopic (exact) mass is 230 g/mol. The number of hydrogen-bond donors (Lipinski definition) is 2. The molecular formula is C12H10N2O3. The van der Waals surface area contributed by atoms with E-state index in [1.54, 1.807) is 12.3 Å². The predicted octanol–water partition coefficient (Wildman–Crippen LogP) is 1.51. The Morgan fingerprint density at radius 1 is 1.24 bits per heavy atom. The molecule has 86 valence electrons. The molecule has 0 spiro atoms. The maximum atomic E-state index is 11.2. The van der Waals surface area contributed by atoms with Gasteiger partial charge in [0.1, 0.15) is 0 Å². The van der Waals surface area contributed by atoms with Crippen molar-refractivity contribution in [3.8, 4) is 22.8 Å². The molecule has 0 unspecified atom stereocenters. The molecule has 0 radical (unpaired) electrons. The zero-order chi connectivity index (χ0) is 11.8. The maximum absolute atomic E-state index is 11.2. The summed E-state index contributed by atoms with van der Waals surface area (Å²) in [6, 6.07) is 7.14. The van der Waals surface area contributed by atoms with Crippen molar-refractivity contribution in [3.63, 3.8) is 0 Å². The molecule has 0 saturated carbocycles. The number of nitrogens with two attached hydrogens (primary N) is 1. The number of ether oxygens (including phenoxy) is 2. The minimum absolute atomic E-state index is 0.228. The summed E-state index contributed by atoms with van der Waals surface area (Å²) in [5.41, 5.74) is 7.29. The molecule has 1 aromatic heterocycles. The third kappa shape index (κ3) is 1.52. The average Bonchev–Trinajstić information content (AvgIpc) is 2.96. The number of primary amides is 1. The Morgan fingerprint density at radius 3 is 2.88 bits per heavy atom. The summed E-state index contributed by atoms with van der Waals surface area (Å²) in [6.45, 7) is 0.228. The molecule has 0 saturated heterocycles. The number of hydrogen-bond acceptors (Lipinski definition) is 3. The van der Waals surface area contributed by atoms with Gasteiger partial charge >= 0.3 is 0 Å². The molecular weight excluding hydrogens is 220 g/mol. The van der Waals surface area contributed by atoms with Crippen LogP contribution >= 0.6 is 0 Å². The minimum atomic E-state index is -0.459. The van der Waals surface area contributed by atoms with Crippen molar-refractivity contribution in [1.29, 1.82) is 0 Å². The largest absolute Gasteiger partial charge is 0.454 e. The van der Waals surface area contributed by atoms with Crippen molar-refractivity contribution >= 4 is 5.91 Å². The van der Waals surface area contributed by atoms with E-state index in [-0.39, 0.29) is 6.79 Å². The van der Waals surface area contributed by atoms with E-state index in [0.29, 0.717) is 22.8 Å². The van der Waals surface area contributed by atoms with Crippen LogP contribution in [0, 0.1) is 0 Å². The van der Waals surface area contributed by atoms with Crippen LogP contribution in [0.1, 0.15) is 10.4 Å². The third-order valence-electron chi connectivity index (χ3n) is 2.67. The fourth-order valence-electron chi connectivity index (χ4n) is 1.87. The zero-order valence-corrected chi connectivity index (χ0v) is 8.90. The summed E-state index contributed by atoms with van der Waals surface area (Å²) in [7, 11) is 0. The van der Waals surface area contributed by atoms with Gasteiger partial charge in [-0.2, -0.15) is 0 Å². The van der Waals surface area contributed by atoms with Crippen LogP contribution in [-0.2, 0) is 0 Å². The van der Waals surface area contributed by atoms with Gasteiger partial charge in [-0.3, -0.25) is 4.79 Å². The van der Waals surface area contributed by atoms with Gasteiger partial charge in [0.2, 0.25) is 6.79 Å². The van der Waals surface area contributed by atoms with Crippen LogP contribution < -0.4 is 15.2 Å². The van der Waals surface area contributed by atoms with Gasteiger partial charge in [-0.1, -0.05) is 0 Å². The van der Waals surface area contributed by atoms with Gasteiger partial charge < -0.3 is 20.2 Å². The maximum Gasteiger partial charge on any atom is 0.250 e. The molecule has 17 heavy (non-hydrogen) atoms. The van der Waals surface area contributed by atoms with Crippen molar-refractivity contribution in [3.05, 3.63) is 36.0 Å². The molecule has 3 N–H and O–H groups in total. The highest BCUT2D eigenvalue weighted by molar-refractivity contribution is 5.99. The molecule has 1 aliphatic heterocycles. The lowest BCUT2D eigenvalue weighted by molar-refractivity contribution is 0.100. The van der Waals surface area contributed by atoms with E-state index in [0.717, 1.165) is 5.56 Å². The molecule has 2 aromatic rings. The Labute approximate surface area is 97.2 Å². The summed E-state index contributed by atoms with van der Waals surface area (Å²) in [5.74, 6) is 0.923. The molecule has 2 heterocycles. The average molecular weight is 230 g/mol. The Hall–Kier alpha value is -2.43. The van der Waals surface area contributed by atoms with Crippen LogP contribution in [0.2, 0.25) is 0 Å². The van der Waals surface area contributed by atoms with Gasteiger partial charge in [-0.25, -0.2) is 0 Å². The van der Waals surface area contributed by atoms with Gasteiger partial charge in [-0.15, -0.1) is 0 Å². The number of aromatic nitrogens is 1. The number of H-pyrrole nitrogens is 1. The second kappa shape index (κ2) is 3.55. The van der Waals surface area contributed by atoms with E-state index < -0.39 is 5.91 Å². The van der Waals surface area contributed by atoms with Gasteiger partial charge in [-0.05, 0) is 24.3 Å². The van der Waals surface area contributed by atoms with Crippen molar-refractivity contribution < 1.29 is 14.3 Å². The highest BCUT2D eigenvalue weighted by Crippen LogP contribution is 2.36. The Morgan fingerprint density at radius 2 is 2.06 bits per heavy atom. The Balaban J connectivity index is 2.09. The van der Waals surface area contributed by atoms with Gasteiger partial charge in [0.05, 0.1) is 11.3 Å². The van der Waals surface area contributed by atoms with E-state index in [1.165, 1.54) is 0 Å². The number of benzene rings is 1. The lowest BCUT2D eigenvalue weighted by Gasteiger charge is -2.03. The number of carbonyl (C=O) groups excluding carboxylic acids is 1. The molecule has 5 heteroatoms. The van der Waals surface area contributed by atoms with E-state index in [4.69, 9.17) is 15.2 Å². The second-order valence-corrected chi connectivity index (χ2v) is 3.70. The number of aromatic amines is 1. The number of nitrogens with one attached hydrogen (secondary N) is 1. The van der Waals surface area contributed by atoms with Gasteiger partial charge in [0.15, 0.2) is 11.5 Å². The summed E-state index contributed by atoms with van der Waals surface area (Å²) < 4.78 is 10.5. The topological polar surface area (TPSA) is 77.3 Å². The predicted molar refractivity (Wildman–Crippen MR) is 60.9 cm³/mol. The SMILES string of the molecule is NC(=O)c1cc[nH]c1-c1ccc2c(c1)OCO2. The van der Waals surface area contributed by atoms with Crippen molar-refractivity contribution in [2.24, 2.45) is 5.73 Å². The van der Waals surface area contributed by atoms with Crippen molar-refractivity contribution in [2.45, 2.75) is 0 Å². The highest BCUT2D eigenvalue weighted by atomic mass is 16.7. The number of rotatable bonds is 2. The summed E-state index contributed by atoms with van der Waals surface area (Å²) in [6.07, 6.45) is 1.68. The summed E-state index contributed by atoms with van der Waals surface area (Å²) >= 11 is 0. The first-order chi connectivity index (χ1) is 8.25. The van der Waals surface area contributed by atoms with Crippen LogP contribution in [0.5, 0.6) is 11.5 Å². The second-order valence-electron chi connectivity index (χ2n) is 3.70. The van der Waals surface area contributed by atoms with E-state index >= 15 is 0 Å². The first-order valence-corrected chi connectivity index (χ1v) is 5.13. The molecule has 1 aromatic carbocycles. The lowest BCUT2D eigenvalue weighted by atomic mass is 10.1. The van der Waals surface area contributed by atoms with E-state index in [2.05, 4.69) is 4.98 Å². The van der Waals surface area contributed by atoms with Crippen LogP contribution in [0.3, 0.4) is 0 Å². The standard InChI is InChI=1S/C12H10N2O3/c13-12(15)8-3-4-14-11(8)7-1-2-9-10(5-7)17-6-16-9/h1-5,14H,6H2,(H2,13,15). The molecule has 0 bridgehead atoms. The molecule has 1 amide bonds. The first-order valence-electron chi connectivity index (χ1n) is 5.13. The van der Waals surface area contributed by atoms with Crippen LogP contribution in [-0.4, -0.2) is 17.7 Å². The number of carbonyl (C=O) groups is 1. The third-order valence-corrected chi connectivity index (χ3v) is 2.67. The molecule has 1 aliphatic rings. The molecule has 5 nitrogen and oxygen atoms in total. The van der Waals surface area contributed by atoms with Crippen LogP contribution in [0.4, 0.5) is 0 Å². The van der Waals surface area contributed by atoms with Gasteiger partial charge in [0, 0.05) is 11.8 Å². The molecule has 0 aliphatic carbocycles. The first kappa shape index (κ1) is 9.77. The number of amides is 1. The van der Waals surface area contributed by atoms with E-state index in [9.17, 15) is 4.79 Å². The lowest BCUT2D eigenvalue weighted by Crippen LogP contribution is -2.10. The summed E-state index contributed by atoms with van der Waals surface area (Å²) in [5, 5.41) is 0. The molecule has 3 rings (SSSR count). The van der Waals surface area contributed by atoms with Crippen LogP contribution in [0.15, 0.2) is 30.5 Å². The Kier molecular flexibility index (Phi) is 2.04. The molecule has 0 fully saturated rings. The van der Waals surface area contributed by atoms with Crippen molar-refractivity contribution in [1.82, 2.24) is 4.98 Å². The highest BCUT2D eigenvalue weighted by Gasteiger charge is 2.17. The number of fused-ring (bicyclic) bond motifs is 1. The Bertz CT molecular complexity index is 589. The quantitative estimate of drug-likeness (QED) is 0.820. The van der Waals surface area contributed by atoms with Crippen LogP contribution in [0.25, 0.3) is 11.3 Å². The van der Waals surface area contributed by atoms with Crippen molar-refractivity contribution in [2.75, 3.05) is 6.79 Å². The minimum Gasteiger partial charge on any atom is -0.454 e. The van der Waals surface area contributed by atoms with Gasteiger partial charge in [0.25, 0.3) is 5.91 Å². The normalized spacial score (nSPS) is 12.7. The molecule has 0 atom stereocenters. The summed E-state index contributed by atoms with van der Waals surface area (Å²) in [4.78, 5) is 14.2.